The topological polar surface area (TPSA) is 29.3 Å². The molecule has 1 aliphatic carbocycles. The van der Waals surface area contributed by atoms with Gasteiger partial charge in [0.1, 0.15) is 0 Å². The van der Waals surface area contributed by atoms with Gasteiger partial charge in [-0.2, -0.15) is 0 Å². The minimum Gasteiger partial charge on any atom is -0.369 e. The normalized spacial score (nSPS) is 16.7. The number of aryl methyl sites for hydroxylation is 1. The van der Waals surface area contributed by atoms with Crippen LogP contribution in [-0.4, -0.2) is 18.6 Å². The van der Waals surface area contributed by atoms with Gasteiger partial charge in [-0.3, -0.25) is 0 Å². The summed E-state index contributed by atoms with van der Waals surface area (Å²) in [7, 11) is 0. The third-order valence-electron chi connectivity index (χ3n) is 3.90. The maximum atomic E-state index is 5.88. The zero-order valence-electron chi connectivity index (χ0n) is 12.8. The molecule has 1 unspecified atom stereocenters. The summed E-state index contributed by atoms with van der Waals surface area (Å²) in [6, 6.07) is 7.64. The van der Waals surface area contributed by atoms with Crippen molar-refractivity contribution < 1.29 is 0 Å². The number of nitrogens with zero attached hydrogens (tertiary/aromatic N) is 1. The molecule has 0 aromatic heterocycles. The van der Waals surface area contributed by atoms with Gasteiger partial charge in [-0.05, 0) is 70.1 Å². The largest absolute Gasteiger partial charge is 0.369 e. The summed E-state index contributed by atoms with van der Waals surface area (Å²) >= 11 is 0. The standard InChI is InChI=1S/C17H28N2/c1-12(2)19(11-15-5-6-15)17-8-7-16(9-13(17)3)10-14(4)18/h7-9,12,14-15H,5-6,10-11,18H2,1-4H3. The fourth-order valence-corrected chi connectivity index (χ4v) is 2.70. The number of hydrogen-bond acceptors (Lipinski definition) is 2. The highest BCUT2D eigenvalue weighted by Gasteiger charge is 2.26. The van der Waals surface area contributed by atoms with Gasteiger partial charge in [0.2, 0.25) is 0 Å². The minimum atomic E-state index is 0.234. The number of anilines is 1. The number of benzene rings is 1. The van der Waals surface area contributed by atoms with Gasteiger partial charge in [0.25, 0.3) is 0 Å². The molecule has 2 N–H and O–H groups in total. The van der Waals surface area contributed by atoms with Crippen LogP contribution in [-0.2, 0) is 6.42 Å². The molecule has 0 amide bonds. The van der Waals surface area contributed by atoms with Crippen LogP contribution in [0.25, 0.3) is 0 Å². The summed E-state index contributed by atoms with van der Waals surface area (Å²) in [5, 5.41) is 0. The Morgan fingerprint density at radius 2 is 1.95 bits per heavy atom. The molecule has 1 aliphatic rings. The summed E-state index contributed by atoms with van der Waals surface area (Å²) < 4.78 is 0. The molecule has 0 aliphatic heterocycles. The lowest BCUT2D eigenvalue weighted by molar-refractivity contribution is 0.642. The maximum Gasteiger partial charge on any atom is 0.0398 e. The van der Waals surface area contributed by atoms with E-state index in [1.54, 1.807) is 0 Å². The highest BCUT2D eigenvalue weighted by atomic mass is 15.2. The van der Waals surface area contributed by atoms with Gasteiger partial charge in [-0.1, -0.05) is 12.1 Å². The van der Waals surface area contributed by atoms with Crippen molar-refractivity contribution in [1.82, 2.24) is 0 Å². The van der Waals surface area contributed by atoms with Crippen LogP contribution in [0.2, 0.25) is 0 Å². The van der Waals surface area contributed by atoms with E-state index in [0.717, 1.165) is 12.3 Å². The molecular weight excluding hydrogens is 232 g/mol. The molecule has 2 rings (SSSR count). The quantitative estimate of drug-likeness (QED) is 0.848. The third kappa shape index (κ3) is 3.97. The van der Waals surface area contributed by atoms with Gasteiger partial charge in [0, 0.05) is 24.3 Å². The monoisotopic (exact) mass is 260 g/mol. The van der Waals surface area contributed by atoms with E-state index in [-0.39, 0.29) is 6.04 Å². The van der Waals surface area contributed by atoms with Crippen LogP contribution in [0.3, 0.4) is 0 Å². The first-order valence-corrected chi connectivity index (χ1v) is 7.59. The van der Waals surface area contributed by atoms with Crippen molar-refractivity contribution in [3.63, 3.8) is 0 Å². The van der Waals surface area contributed by atoms with Crippen LogP contribution >= 0.6 is 0 Å². The highest BCUT2D eigenvalue weighted by molar-refractivity contribution is 5.55. The molecule has 0 spiro atoms. The molecule has 0 bridgehead atoms. The molecule has 1 aromatic carbocycles. The van der Waals surface area contributed by atoms with Crippen molar-refractivity contribution in [2.45, 2.75) is 59.0 Å². The summed E-state index contributed by atoms with van der Waals surface area (Å²) in [5.74, 6) is 0.922. The van der Waals surface area contributed by atoms with Gasteiger partial charge in [0.15, 0.2) is 0 Å². The van der Waals surface area contributed by atoms with Crippen molar-refractivity contribution in [2.24, 2.45) is 11.7 Å². The Morgan fingerprint density at radius 1 is 1.26 bits per heavy atom. The Hall–Kier alpha value is -1.02. The van der Waals surface area contributed by atoms with Crippen LogP contribution in [0.4, 0.5) is 5.69 Å². The summed E-state index contributed by atoms with van der Waals surface area (Å²) in [6.07, 6.45) is 3.78. The molecule has 1 atom stereocenters. The van der Waals surface area contributed by atoms with Crippen molar-refractivity contribution >= 4 is 5.69 Å². The lowest BCUT2D eigenvalue weighted by Gasteiger charge is -2.31. The molecular formula is C17H28N2. The Labute approximate surface area is 118 Å². The van der Waals surface area contributed by atoms with E-state index in [1.165, 1.54) is 36.2 Å². The van der Waals surface area contributed by atoms with Crippen LogP contribution in [0.1, 0.15) is 44.7 Å². The van der Waals surface area contributed by atoms with E-state index < -0.39 is 0 Å². The lowest BCUT2D eigenvalue weighted by Crippen LogP contribution is -2.33. The van der Waals surface area contributed by atoms with Crippen molar-refractivity contribution in [1.29, 1.82) is 0 Å². The first-order chi connectivity index (χ1) is 8.97. The molecule has 0 radical (unpaired) electrons. The molecule has 2 heteroatoms. The second-order valence-corrected chi connectivity index (χ2v) is 6.49. The Balaban J connectivity index is 2.17. The average molecular weight is 260 g/mol. The van der Waals surface area contributed by atoms with Gasteiger partial charge in [0.05, 0.1) is 0 Å². The molecule has 1 saturated carbocycles. The molecule has 19 heavy (non-hydrogen) atoms. The molecule has 1 fully saturated rings. The fourth-order valence-electron chi connectivity index (χ4n) is 2.70. The van der Waals surface area contributed by atoms with E-state index in [9.17, 15) is 0 Å². The summed E-state index contributed by atoms with van der Waals surface area (Å²) in [5.41, 5.74) is 10.0. The van der Waals surface area contributed by atoms with Crippen molar-refractivity contribution in [2.75, 3.05) is 11.4 Å². The van der Waals surface area contributed by atoms with Crippen LogP contribution < -0.4 is 10.6 Å². The van der Waals surface area contributed by atoms with E-state index in [4.69, 9.17) is 5.73 Å². The SMILES string of the molecule is Cc1cc(CC(C)N)ccc1N(CC1CC1)C(C)C. The number of nitrogens with two attached hydrogens (primary N) is 1. The zero-order chi connectivity index (χ0) is 14.0. The molecule has 1 aromatic rings. The van der Waals surface area contributed by atoms with Crippen LogP contribution in [0, 0.1) is 12.8 Å². The zero-order valence-corrected chi connectivity index (χ0v) is 12.8. The second-order valence-electron chi connectivity index (χ2n) is 6.49. The lowest BCUT2D eigenvalue weighted by atomic mass is 10.0. The van der Waals surface area contributed by atoms with Gasteiger partial charge in [-0.15, -0.1) is 0 Å². The third-order valence-corrected chi connectivity index (χ3v) is 3.90. The first-order valence-electron chi connectivity index (χ1n) is 7.59. The predicted octanol–water partition coefficient (Wildman–Crippen LogP) is 3.51. The minimum absolute atomic E-state index is 0.234. The first kappa shape index (κ1) is 14.4. The van der Waals surface area contributed by atoms with E-state index in [1.807, 2.05) is 0 Å². The Kier molecular flexibility index (Phi) is 4.51. The Bertz CT molecular complexity index is 419. The van der Waals surface area contributed by atoms with Crippen molar-refractivity contribution in [3.05, 3.63) is 29.3 Å². The van der Waals surface area contributed by atoms with Crippen LogP contribution in [0.15, 0.2) is 18.2 Å². The predicted molar refractivity (Wildman–Crippen MR) is 83.7 cm³/mol. The smallest absolute Gasteiger partial charge is 0.0398 e. The van der Waals surface area contributed by atoms with Crippen LogP contribution in [0.5, 0.6) is 0 Å². The van der Waals surface area contributed by atoms with Gasteiger partial charge >= 0.3 is 0 Å². The summed E-state index contributed by atoms with van der Waals surface area (Å²) in [4.78, 5) is 2.56. The fraction of sp³-hybridized carbons (Fsp3) is 0.647. The Morgan fingerprint density at radius 3 is 2.42 bits per heavy atom. The summed E-state index contributed by atoms with van der Waals surface area (Å²) in [6.45, 7) is 10.1. The second kappa shape index (κ2) is 5.96. The van der Waals surface area contributed by atoms with Crippen molar-refractivity contribution in [3.8, 4) is 0 Å². The van der Waals surface area contributed by atoms with Gasteiger partial charge in [-0.25, -0.2) is 0 Å². The molecule has 2 nitrogen and oxygen atoms in total. The van der Waals surface area contributed by atoms with E-state index in [0.29, 0.717) is 6.04 Å². The van der Waals surface area contributed by atoms with E-state index >= 15 is 0 Å². The molecule has 106 valence electrons. The van der Waals surface area contributed by atoms with Gasteiger partial charge < -0.3 is 10.6 Å². The molecule has 0 heterocycles. The maximum absolute atomic E-state index is 5.88. The number of rotatable bonds is 6. The van der Waals surface area contributed by atoms with E-state index in [2.05, 4.69) is 50.8 Å². The molecule has 0 saturated heterocycles. The highest BCUT2D eigenvalue weighted by Crippen LogP contribution is 2.33. The average Bonchev–Trinajstić information content (AvgIpc) is 3.09. The number of hydrogen-bond donors (Lipinski definition) is 1.